The number of hydrogen-bond donors (Lipinski definition) is 2. The van der Waals surface area contributed by atoms with Crippen molar-refractivity contribution in [3.63, 3.8) is 0 Å². The summed E-state index contributed by atoms with van der Waals surface area (Å²) in [7, 11) is 0. The van der Waals surface area contributed by atoms with Crippen LogP contribution < -0.4 is 14.8 Å². The van der Waals surface area contributed by atoms with Crippen LogP contribution in [-0.4, -0.2) is 30.5 Å². The van der Waals surface area contributed by atoms with Gasteiger partial charge in [0.1, 0.15) is 0 Å². The Hall–Kier alpha value is -1.40. The molecule has 0 aromatic heterocycles. The van der Waals surface area contributed by atoms with Gasteiger partial charge in [-0.3, -0.25) is 0 Å². The monoisotopic (exact) mass is 301 g/mol. The van der Waals surface area contributed by atoms with Crippen molar-refractivity contribution in [3.05, 3.63) is 23.8 Å². The van der Waals surface area contributed by atoms with Gasteiger partial charge in [-0.15, -0.1) is 0 Å². The second-order valence-corrected chi connectivity index (χ2v) is 5.24. The SMILES string of the molecule is CCOc1cc(CNC2(CO)CCC2)ccc1OC(F)F. The van der Waals surface area contributed by atoms with Crippen LogP contribution >= 0.6 is 0 Å². The predicted octanol–water partition coefficient (Wildman–Crippen LogP) is 2.69. The lowest BCUT2D eigenvalue weighted by molar-refractivity contribution is -0.0514. The molecule has 4 nitrogen and oxygen atoms in total. The third-order valence-electron chi connectivity index (χ3n) is 3.80. The summed E-state index contributed by atoms with van der Waals surface area (Å²) in [4.78, 5) is 0. The molecule has 0 aliphatic heterocycles. The number of hydrogen-bond acceptors (Lipinski definition) is 4. The number of aliphatic hydroxyl groups is 1. The standard InChI is InChI=1S/C15H21F2NO3/c1-2-20-13-8-11(4-5-12(13)21-14(16)17)9-18-15(10-19)6-3-7-15/h4-5,8,14,18-19H,2-3,6-7,9-10H2,1H3. The molecule has 2 N–H and O–H groups in total. The number of benzene rings is 1. The summed E-state index contributed by atoms with van der Waals surface area (Å²) < 4.78 is 34.4. The van der Waals surface area contributed by atoms with Crippen LogP contribution in [-0.2, 0) is 6.54 Å². The van der Waals surface area contributed by atoms with E-state index >= 15 is 0 Å². The van der Waals surface area contributed by atoms with Crippen LogP contribution in [0.4, 0.5) is 8.78 Å². The van der Waals surface area contributed by atoms with E-state index in [0.29, 0.717) is 18.9 Å². The molecular weight excluding hydrogens is 280 g/mol. The molecule has 0 unspecified atom stereocenters. The first-order chi connectivity index (χ1) is 10.1. The first-order valence-corrected chi connectivity index (χ1v) is 7.15. The minimum absolute atomic E-state index is 0.0381. The normalized spacial score (nSPS) is 16.6. The number of nitrogens with one attached hydrogen (secondary N) is 1. The number of alkyl halides is 2. The first-order valence-electron chi connectivity index (χ1n) is 7.15. The van der Waals surface area contributed by atoms with Gasteiger partial charge in [0.2, 0.25) is 0 Å². The van der Waals surface area contributed by atoms with Gasteiger partial charge in [0.05, 0.1) is 13.2 Å². The number of rotatable bonds is 8. The molecule has 1 aliphatic carbocycles. The van der Waals surface area contributed by atoms with Gasteiger partial charge >= 0.3 is 6.61 Å². The molecule has 0 saturated heterocycles. The molecule has 1 aromatic carbocycles. The zero-order chi connectivity index (χ0) is 15.3. The van der Waals surface area contributed by atoms with Crippen LogP contribution in [0.5, 0.6) is 11.5 Å². The van der Waals surface area contributed by atoms with Crippen LogP contribution in [0.25, 0.3) is 0 Å². The molecule has 118 valence electrons. The molecule has 0 spiro atoms. The maximum absolute atomic E-state index is 12.3. The summed E-state index contributed by atoms with van der Waals surface area (Å²) in [5.74, 6) is 0.347. The van der Waals surface area contributed by atoms with E-state index in [1.54, 1.807) is 19.1 Å². The molecule has 0 bridgehead atoms. The number of aliphatic hydroxyl groups excluding tert-OH is 1. The summed E-state index contributed by atoms with van der Waals surface area (Å²) in [6.07, 6.45) is 3.02. The molecule has 0 amide bonds. The Balaban J connectivity index is 2.04. The zero-order valence-corrected chi connectivity index (χ0v) is 12.1. The summed E-state index contributed by atoms with van der Waals surface area (Å²) >= 11 is 0. The van der Waals surface area contributed by atoms with E-state index in [0.717, 1.165) is 24.8 Å². The van der Waals surface area contributed by atoms with E-state index in [1.807, 2.05) is 0 Å². The van der Waals surface area contributed by atoms with Gasteiger partial charge < -0.3 is 19.9 Å². The molecule has 1 fully saturated rings. The highest BCUT2D eigenvalue weighted by molar-refractivity contribution is 5.43. The second kappa shape index (κ2) is 7.04. The summed E-state index contributed by atoms with van der Waals surface area (Å²) in [6, 6.07) is 4.90. The van der Waals surface area contributed by atoms with Crippen molar-refractivity contribution in [3.8, 4) is 11.5 Å². The minimum atomic E-state index is -2.87. The molecule has 21 heavy (non-hydrogen) atoms. The number of halogens is 2. The van der Waals surface area contributed by atoms with Crippen LogP contribution in [0.3, 0.4) is 0 Å². The Morgan fingerprint density at radius 1 is 1.33 bits per heavy atom. The predicted molar refractivity (Wildman–Crippen MR) is 74.8 cm³/mol. The van der Waals surface area contributed by atoms with Crippen LogP contribution in [0, 0.1) is 0 Å². The van der Waals surface area contributed by atoms with Crippen LogP contribution in [0.2, 0.25) is 0 Å². The van der Waals surface area contributed by atoms with E-state index in [4.69, 9.17) is 4.74 Å². The van der Waals surface area contributed by atoms with Gasteiger partial charge in [-0.1, -0.05) is 6.07 Å². The fraction of sp³-hybridized carbons (Fsp3) is 0.600. The highest BCUT2D eigenvalue weighted by Gasteiger charge is 2.35. The van der Waals surface area contributed by atoms with Gasteiger partial charge in [-0.2, -0.15) is 8.78 Å². The Bertz CT molecular complexity index is 459. The molecular formula is C15H21F2NO3. The average molecular weight is 301 g/mol. The van der Waals surface area contributed by atoms with Gasteiger partial charge in [0, 0.05) is 12.1 Å². The van der Waals surface area contributed by atoms with E-state index < -0.39 is 6.61 Å². The van der Waals surface area contributed by atoms with Gasteiger partial charge in [0.25, 0.3) is 0 Å². The fourth-order valence-corrected chi connectivity index (χ4v) is 2.41. The van der Waals surface area contributed by atoms with Crippen molar-refractivity contribution in [2.24, 2.45) is 0 Å². The van der Waals surface area contributed by atoms with Crippen molar-refractivity contribution < 1.29 is 23.4 Å². The molecule has 1 aromatic rings. The van der Waals surface area contributed by atoms with Crippen molar-refractivity contribution in [2.75, 3.05) is 13.2 Å². The minimum Gasteiger partial charge on any atom is -0.490 e. The van der Waals surface area contributed by atoms with Crippen molar-refractivity contribution in [1.82, 2.24) is 5.32 Å². The first kappa shape index (κ1) is 16.0. The lowest BCUT2D eigenvalue weighted by Crippen LogP contribution is -2.53. The molecule has 6 heteroatoms. The number of ether oxygens (including phenoxy) is 2. The third-order valence-corrected chi connectivity index (χ3v) is 3.80. The van der Waals surface area contributed by atoms with E-state index in [9.17, 15) is 13.9 Å². The Morgan fingerprint density at radius 3 is 2.62 bits per heavy atom. The van der Waals surface area contributed by atoms with E-state index in [1.165, 1.54) is 6.07 Å². The molecule has 0 atom stereocenters. The van der Waals surface area contributed by atoms with Crippen molar-refractivity contribution in [1.29, 1.82) is 0 Å². The highest BCUT2D eigenvalue weighted by atomic mass is 19.3. The van der Waals surface area contributed by atoms with Crippen LogP contribution in [0.15, 0.2) is 18.2 Å². The van der Waals surface area contributed by atoms with Gasteiger partial charge in [-0.25, -0.2) is 0 Å². The maximum Gasteiger partial charge on any atom is 0.387 e. The Kier molecular flexibility index (Phi) is 5.36. The summed E-state index contributed by atoms with van der Waals surface area (Å²) in [5, 5.41) is 12.7. The van der Waals surface area contributed by atoms with Gasteiger partial charge in [0.15, 0.2) is 11.5 Å². The summed E-state index contributed by atoms with van der Waals surface area (Å²) in [6.45, 7) is -0.0580. The summed E-state index contributed by atoms with van der Waals surface area (Å²) in [5.41, 5.74) is 0.712. The Morgan fingerprint density at radius 2 is 2.10 bits per heavy atom. The Labute approximate surface area is 123 Å². The zero-order valence-electron chi connectivity index (χ0n) is 12.1. The fourth-order valence-electron chi connectivity index (χ4n) is 2.41. The lowest BCUT2D eigenvalue weighted by atomic mass is 9.77. The highest BCUT2D eigenvalue weighted by Crippen LogP contribution is 2.33. The molecule has 1 saturated carbocycles. The van der Waals surface area contributed by atoms with E-state index in [2.05, 4.69) is 10.1 Å². The van der Waals surface area contributed by atoms with Gasteiger partial charge in [-0.05, 0) is 43.9 Å². The van der Waals surface area contributed by atoms with Crippen molar-refractivity contribution >= 4 is 0 Å². The maximum atomic E-state index is 12.3. The lowest BCUT2D eigenvalue weighted by Gasteiger charge is -2.41. The molecule has 0 heterocycles. The van der Waals surface area contributed by atoms with Crippen LogP contribution in [0.1, 0.15) is 31.7 Å². The smallest absolute Gasteiger partial charge is 0.387 e. The average Bonchev–Trinajstić information content (AvgIpc) is 2.40. The largest absolute Gasteiger partial charge is 0.490 e. The van der Waals surface area contributed by atoms with Crippen molar-refractivity contribution in [2.45, 2.75) is 44.9 Å². The second-order valence-electron chi connectivity index (χ2n) is 5.24. The molecule has 2 rings (SSSR count). The molecule has 0 radical (unpaired) electrons. The topological polar surface area (TPSA) is 50.7 Å². The molecule has 1 aliphatic rings. The third kappa shape index (κ3) is 4.04. The quantitative estimate of drug-likeness (QED) is 0.775. The van der Waals surface area contributed by atoms with E-state index in [-0.39, 0.29) is 17.9 Å².